The number of anilines is 1. The van der Waals surface area contributed by atoms with Gasteiger partial charge < -0.3 is 9.32 Å². The van der Waals surface area contributed by atoms with E-state index in [0.717, 1.165) is 39.9 Å². The van der Waals surface area contributed by atoms with E-state index in [1.165, 1.54) is 19.3 Å². The van der Waals surface area contributed by atoms with Crippen molar-refractivity contribution in [3.63, 3.8) is 0 Å². The van der Waals surface area contributed by atoms with Crippen LogP contribution in [0.4, 0.5) is 5.95 Å². The fraction of sp³-hybridized carbons (Fsp3) is 0.273. The molecule has 0 radical (unpaired) electrons. The van der Waals surface area contributed by atoms with Crippen molar-refractivity contribution in [3.05, 3.63) is 65.0 Å². The maximum Gasteiger partial charge on any atom is 0.247 e. The number of benzene rings is 2. The van der Waals surface area contributed by atoms with Crippen LogP contribution in [0.2, 0.25) is 0 Å². The number of aromatic nitrogens is 5. The number of rotatable bonds is 6. The quantitative estimate of drug-likeness (QED) is 0.332. The summed E-state index contributed by atoms with van der Waals surface area (Å²) in [5.41, 5.74) is 1.95. The van der Waals surface area contributed by atoms with Crippen molar-refractivity contribution >= 4 is 33.6 Å². The average molecular weight is 497 g/mol. The molecule has 158 valence electrons. The van der Waals surface area contributed by atoms with Gasteiger partial charge in [-0.2, -0.15) is 0 Å². The smallest absolute Gasteiger partial charge is 0.247 e. The van der Waals surface area contributed by atoms with E-state index in [1.807, 2.05) is 42.5 Å². The first-order chi connectivity index (χ1) is 15.3. The molecule has 0 amide bonds. The molecule has 1 saturated heterocycles. The summed E-state index contributed by atoms with van der Waals surface area (Å²) in [5.74, 6) is 2.50. The number of piperidine rings is 1. The molecule has 0 bridgehead atoms. The zero-order valence-corrected chi connectivity index (χ0v) is 19.2. The number of para-hydroxylation sites is 1. The van der Waals surface area contributed by atoms with Gasteiger partial charge in [0.1, 0.15) is 0 Å². The Bertz CT molecular complexity index is 1140. The third-order valence-corrected chi connectivity index (χ3v) is 6.59. The van der Waals surface area contributed by atoms with Crippen LogP contribution < -0.4 is 4.90 Å². The Morgan fingerprint density at radius 1 is 0.871 bits per heavy atom. The second kappa shape index (κ2) is 9.23. The molecule has 2 aromatic heterocycles. The van der Waals surface area contributed by atoms with Crippen molar-refractivity contribution in [2.24, 2.45) is 0 Å². The predicted molar refractivity (Wildman–Crippen MR) is 124 cm³/mol. The van der Waals surface area contributed by atoms with E-state index < -0.39 is 0 Å². The fourth-order valence-corrected chi connectivity index (χ4v) is 4.65. The van der Waals surface area contributed by atoms with E-state index in [1.54, 1.807) is 11.8 Å². The molecule has 0 N–H and O–H groups in total. The molecule has 0 atom stereocenters. The maximum atomic E-state index is 5.87. The second-order valence-electron chi connectivity index (χ2n) is 7.30. The molecule has 0 unspecified atom stereocenters. The number of hydrogen-bond donors (Lipinski definition) is 0. The first-order valence-electron chi connectivity index (χ1n) is 10.2. The van der Waals surface area contributed by atoms with Crippen LogP contribution in [-0.2, 0) is 5.75 Å². The summed E-state index contributed by atoms with van der Waals surface area (Å²) >= 11 is 4.99. The molecule has 5 rings (SSSR count). The number of hydrogen-bond acceptors (Lipinski definition) is 7. The van der Waals surface area contributed by atoms with Gasteiger partial charge in [-0.3, -0.25) is 4.57 Å². The lowest BCUT2D eigenvalue weighted by Crippen LogP contribution is -2.31. The number of nitrogens with zero attached hydrogens (tertiary/aromatic N) is 6. The van der Waals surface area contributed by atoms with E-state index in [4.69, 9.17) is 4.42 Å². The largest absolute Gasteiger partial charge is 0.420 e. The van der Waals surface area contributed by atoms with E-state index in [-0.39, 0.29) is 0 Å². The molecule has 1 aliphatic rings. The maximum absolute atomic E-state index is 5.87. The molecule has 4 aromatic rings. The van der Waals surface area contributed by atoms with Crippen LogP contribution in [0.15, 0.2) is 68.6 Å². The fourth-order valence-electron chi connectivity index (χ4n) is 3.60. The van der Waals surface area contributed by atoms with Gasteiger partial charge in [-0.15, -0.1) is 20.4 Å². The van der Waals surface area contributed by atoms with Crippen molar-refractivity contribution in [2.75, 3.05) is 18.0 Å². The Morgan fingerprint density at radius 2 is 1.65 bits per heavy atom. The molecular formula is C22H21BrN6OS. The molecule has 0 spiro atoms. The normalized spacial score (nSPS) is 14.2. The first kappa shape index (κ1) is 20.3. The van der Waals surface area contributed by atoms with E-state index in [2.05, 4.69) is 57.9 Å². The summed E-state index contributed by atoms with van der Waals surface area (Å²) in [6, 6.07) is 18.1. The van der Waals surface area contributed by atoms with Crippen molar-refractivity contribution in [3.8, 4) is 17.1 Å². The highest BCUT2D eigenvalue weighted by Crippen LogP contribution is 2.30. The van der Waals surface area contributed by atoms with Gasteiger partial charge in [0.15, 0.2) is 5.16 Å². The van der Waals surface area contributed by atoms with Crippen molar-refractivity contribution in [1.29, 1.82) is 0 Å². The van der Waals surface area contributed by atoms with Crippen molar-refractivity contribution in [1.82, 2.24) is 25.0 Å². The van der Waals surface area contributed by atoms with Crippen LogP contribution in [0.1, 0.15) is 25.2 Å². The Morgan fingerprint density at radius 3 is 2.42 bits per heavy atom. The molecule has 1 fully saturated rings. The molecule has 7 nitrogen and oxygen atoms in total. The minimum absolute atomic E-state index is 0.515. The van der Waals surface area contributed by atoms with Gasteiger partial charge in [0.25, 0.3) is 0 Å². The van der Waals surface area contributed by atoms with Crippen LogP contribution in [-0.4, -0.2) is 38.1 Å². The third kappa shape index (κ3) is 4.52. The second-order valence-corrected chi connectivity index (χ2v) is 9.16. The predicted octanol–water partition coefficient (Wildman–Crippen LogP) is 5.36. The molecule has 9 heteroatoms. The first-order valence-corrected chi connectivity index (χ1v) is 12.0. The van der Waals surface area contributed by atoms with Crippen LogP contribution in [0.25, 0.3) is 17.1 Å². The van der Waals surface area contributed by atoms with Gasteiger partial charge in [0, 0.05) is 23.1 Å². The summed E-state index contributed by atoms with van der Waals surface area (Å²) in [6.45, 7) is 2.02. The Hall–Kier alpha value is -2.65. The number of thioether (sulfide) groups is 1. The Balaban J connectivity index is 1.38. The lowest BCUT2D eigenvalue weighted by atomic mass is 10.1. The lowest BCUT2D eigenvalue weighted by Gasteiger charge is -2.27. The molecule has 0 saturated carbocycles. The summed E-state index contributed by atoms with van der Waals surface area (Å²) in [7, 11) is 0. The van der Waals surface area contributed by atoms with Gasteiger partial charge >= 0.3 is 0 Å². The Labute approximate surface area is 193 Å². The number of halogens is 1. The molecule has 0 aliphatic carbocycles. The molecule has 1 aliphatic heterocycles. The van der Waals surface area contributed by atoms with Gasteiger partial charge in [0.05, 0.1) is 11.4 Å². The zero-order valence-electron chi connectivity index (χ0n) is 16.8. The van der Waals surface area contributed by atoms with Crippen LogP contribution in [0.3, 0.4) is 0 Å². The minimum Gasteiger partial charge on any atom is -0.420 e. The van der Waals surface area contributed by atoms with Crippen molar-refractivity contribution < 1.29 is 4.42 Å². The van der Waals surface area contributed by atoms with E-state index >= 15 is 0 Å². The Kier molecular flexibility index (Phi) is 6.04. The molecule has 2 aromatic carbocycles. The van der Waals surface area contributed by atoms with Gasteiger partial charge in [0.2, 0.25) is 17.7 Å². The van der Waals surface area contributed by atoms with Gasteiger partial charge in [-0.05, 0) is 55.7 Å². The molecular weight excluding hydrogens is 476 g/mol. The molecule has 3 heterocycles. The lowest BCUT2D eigenvalue weighted by molar-refractivity contribution is 0.528. The average Bonchev–Trinajstić information content (AvgIpc) is 3.47. The summed E-state index contributed by atoms with van der Waals surface area (Å²) in [5, 5.41) is 18.3. The van der Waals surface area contributed by atoms with E-state index in [9.17, 15) is 0 Å². The monoisotopic (exact) mass is 496 g/mol. The SMILES string of the molecule is Brc1ccc(-c2nnc(CSc3nnc(N4CCCCC4)n3-c3ccccc3)o2)cc1. The van der Waals surface area contributed by atoms with Gasteiger partial charge in [-0.1, -0.05) is 45.9 Å². The summed E-state index contributed by atoms with van der Waals surface area (Å²) < 4.78 is 9.01. The van der Waals surface area contributed by atoms with E-state index in [0.29, 0.717) is 17.5 Å². The highest BCUT2D eigenvalue weighted by atomic mass is 79.9. The highest BCUT2D eigenvalue weighted by molar-refractivity contribution is 9.10. The molecule has 31 heavy (non-hydrogen) atoms. The van der Waals surface area contributed by atoms with Gasteiger partial charge in [-0.25, -0.2) is 0 Å². The standard InChI is InChI=1S/C22H21BrN6OS/c23-17-11-9-16(10-12-17)20-25-24-19(30-20)15-31-22-27-26-21(28-13-5-2-6-14-28)29(22)18-7-3-1-4-8-18/h1,3-4,7-12H,2,5-6,13-15H2. The highest BCUT2D eigenvalue weighted by Gasteiger charge is 2.22. The van der Waals surface area contributed by atoms with Crippen LogP contribution >= 0.6 is 27.7 Å². The minimum atomic E-state index is 0.515. The zero-order chi connectivity index (χ0) is 21.0. The third-order valence-electron chi connectivity index (χ3n) is 5.15. The summed E-state index contributed by atoms with van der Waals surface area (Å²) in [6.07, 6.45) is 3.64. The van der Waals surface area contributed by atoms with Crippen LogP contribution in [0.5, 0.6) is 0 Å². The van der Waals surface area contributed by atoms with Crippen LogP contribution in [0, 0.1) is 0 Å². The summed E-state index contributed by atoms with van der Waals surface area (Å²) in [4.78, 5) is 2.33. The topological polar surface area (TPSA) is 72.9 Å². The van der Waals surface area contributed by atoms with Crippen molar-refractivity contribution in [2.45, 2.75) is 30.2 Å².